The van der Waals surface area contributed by atoms with Crippen LogP contribution >= 0.6 is 0 Å². The zero-order valence-electron chi connectivity index (χ0n) is 9.05. The van der Waals surface area contributed by atoms with Gasteiger partial charge >= 0.3 is 0 Å². The summed E-state index contributed by atoms with van der Waals surface area (Å²) < 4.78 is 18.2. The molecular weight excluding hydrogens is 223 g/mol. The lowest BCUT2D eigenvalue weighted by atomic mass is 10.1. The topological polar surface area (TPSA) is 52.1 Å². The molecule has 86 valence electrons. The summed E-state index contributed by atoms with van der Waals surface area (Å²) in [4.78, 5) is 19.4. The number of benzene rings is 1. The number of hydrogen-bond acceptors (Lipinski definition) is 4. The lowest BCUT2D eigenvalue weighted by Gasteiger charge is -2.04. The first-order chi connectivity index (χ1) is 8.22. The maximum atomic E-state index is 13.4. The molecule has 0 amide bonds. The van der Waals surface area contributed by atoms with E-state index < -0.39 is 5.82 Å². The first-order valence-electron chi connectivity index (χ1n) is 4.85. The smallest absolute Gasteiger partial charge is 0.196 e. The third-order valence-electron chi connectivity index (χ3n) is 2.24. The zero-order valence-corrected chi connectivity index (χ0v) is 9.05. The van der Waals surface area contributed by atoms with Crippen LogP contribution in [-0.4, -0.2) is 22.9 Å². The molecule has 1 heterocycles. The van der Waals surface area contributed by atoms with Gasteiger partial charge in [-0.15, -0.1) is 0 Å². The third kappa shape index (κ3) is 2.28. The van der Waals surface area contributed by atoms with Crippen LogP contribution in [0.3, 0.4) is 0 Å². The molecule has 0 aliphatic carbocycles. The molecule has 0 atom stereocenters. The van der Waals surface area contributed by atoms with Crippen molar-refractivity contribution in [1.29, 1.82) is 0 Å². The molecule has 1 aromatic carbocycles. The van der Waals surface area contributed by atoms with E-state index in [2.05, 4.69) is 9.97 Å². The number of ether oxygens (including phenoxy) is 1. The Labute approximate surface area is 97.1 Å². The average Bonchev–Trinajstić information content (AvgIpc) is 2.39. The fraction of sp³-hybridized carbons (Fsp3) is 0.0833. The number of carbonyl (C=O) groups excluding carboxylic acids is 1. The molecular formula is C12H9FN2O2. The quantitative estimate of drug-likeness (QED) is 0.758. The summed E-state index contributed by atoms with van der Waals surface area (Å²) in [7, 11) is 1.37. The van der Waals surface area contributed by atoms with Crippen molar-refractivity contribution in [2.75, 3.05) is 7.11 Å². The molecule has 0 saturated heterocycles. The van der Waals surface area contributed by atoms with Gasteiger partial charge in [-0.3, -0.25) is 4.79 Å². The van der Waals surface area contributed by atoms with Crippen LogP contribution in [-0.2, 0) is 0 Å². The van der Waals surface area contributed by atoms with Crippen LogP contribution in [0.1, 0.15) is 15.9 Å². The molecule has 4 nitrogen and oxygen atoms in total. The molecule has 2 rings (SSSR count). The molecule has 0 spiro atoms. The minimum absolute atomic E-state index is 0.103. The van der Waals surface area contributed by atoms with Gasteiger partial charge in [0.15, 0.2) is 17.3 Å². The third-order valence-corrected chi connectivity index (χ3v) is 2.24. The highest BCUT2D eigenvalue weighted by atomic mass is 19.1. The fourth-order valence-electron chi connectivity index (χ4n) is 1.39. The summed E-state index contributed by atoms with van der Waals surface area (Å²) in [5.74, 6) is -0.798. The maximum absolute atomic E-state index is 13.4. The SMILES string of the molecule is COc1ccc(C(=O)c2cncnc2)cc1F. The monoisotopic (exact) mass is 232 g/mol. The van der Waals surface area contributed by atoms with Crippen molar-refractivity contribution in [2.24, 2.45) is 0 Å². The Bertz CT molecular complexity index is 543. The van der Waals surface area contributed by atoms with Gasteiger partial charge in [0.25, 0.3) is 0 Å². The van der Waals surface area contributed by atoms with Crippen molar-refractivity contribution in [2.45, 2.75) is 0 Å². The number of ketones is 1. The maximum Gasteiger partial charge on any atom is 0.196 e. The molecule has 2 aromatic rings. The standard InChI is InChI=1S/C12H9FN2O2/c1-17-11-3-2-8(4-10(11)13)12(16)9-5-14-7-15-6-9/h2-7H,1H3. The highest BCUT2D eigenvalue weighted by Gasteiger charge is 2.12. The van der Waals surface area contributed by atoms with Gasteiger partial charge < -0.3 is 4.74 Å². The van der Waals surface area contributed by atoms with E-state index in [1.807, 2.05) is 0 Å². The van der Waals surface area contributed by atoms with Crippen molar-refractivity contribution in [3.8, 4) is 5.75 Å². The second-order valence-corrected chi connectivity index (χ2v) is 3.31. The summed E-state index contributed by atoms with van der Waals surface area (Å²) in [6, 6.07) is 4.04. The number of methoxy groups -OCH3 is 1. The van der Waals surface area contributed by atoms with Crippen LogP contribution in [0.2, 0.25) is 0 Å². The Kier molecular flexibility index (Phi) is 3.09. The van der Waals surface area contributed by atoms with E-state index in [-0.39, 0.29) is 17.1 Å². The number of hydrogen-bond donors (Lipinski definition) is 0. The zero-order chi connectivity index (χ0) is 12.3. The van der Waals surface area contributed by atoms with Crippen LogP contribution in [0.15, 0.2) is 36.9 Å². The van der Waals surface area contributed by atoms with Gasteiger partial charge in [-0.1, -0.05) is 0 Å². The molecule has 0 radical (unpaired) electrons. The predicted molar refractivity (Wildman–Crippen MR) is 58.4 cm³/mol. The molecule has 0 N–H and O–H groups in total. The van der Waals surface area contributed by atoms with E-state index in [0.29, 0.717) is 5.56 Å². The van der Waals surface area contributed by atoms with Crippen LogP contribution in [0.5, 0.6) is 5.75 Å². The normalized spacial score (nSPS) is 10.0. The van der Waals surface area contributed by atoms with Crippen LogP contribution in [0.25, 0.3) is 0 Å². The van der Waals surface area contributed by atoms with Gasteiger partial charge in [-0.25, -0.2) is 14.4 Å². The highest BCUT2D eigenvalue weighted by molar-refractivity contribution is 6.08. The minimum Gasteiger partial charge on any atom is -0.494 e. The van der Waals surface area contributed by atoms with Gasteiger partial charge in [0.05, 0.1) is 12.7 Å². The summed E-state index contributed by atoms with van der Waals surface area (Å²) in [6.07, 6.45) is 4.10. The van der Waals surface area contributed by atoms with Crippen LogP contribution in [0, 0.1) is 5.82 Å². The van der Waals surface area contributed by atoms with Gasteiger partial charge in [-0.05, 0) is 18.2 Å². The molecule has 0 aliphatic heterocycles. The summed E-state index contributed by atoms with van der Waals surface area (Å²) in [5.41, 5.74) is 0.551. The Hall–Kier alpha value is -2.30. The largest absolute Gasteiger partial charge is 0.494 e. The number of halogens is 1. The molecule has 0 fully saturated rings. The van der Waals surface area contributed by atoms with Gasteiger partial charge in [0.1, 0.15) is 6.33 Å². The first kappa shape index (κ1) is 11.2. The van der Waals surface area contributed by atoms with Crippen molar-refractivity contribution in [3.05, 3.63) is 53.9 Å². The van der Waals surface area contributed by atoms with E-state index in [1.165, 1.54) is 38.0 Å². The molecule has 1 aromatic heterocycles. The Morgan fingerprint density at radius 1 is 1.24 bits per heavy atom. The highest BCUT2D eigenvalue weighted by Crippen LogP contribution is 2.19. The lowest BCUT2D eigenvalue weighted by molar-refractivity contribution is 0.103. The van der Waals surface area contributed by atoms with Crippen LogP contribution < -0.4 is 4.74 Å². The van der Waals surface area contributed by atoms with E-state index in [4.69, 9.17) is 4.74 Å². The first-order valence-corrected chi connectivity index (χ1v) is 4.85. The van der Waals surface area contributed by atoms with Gasteiger partial charge in [0.2, 0.25) is 0 Å². The molecule has 0 bridgehead atoms. The van der Waals surface area contributed by atoms with Crippen molar-refractivity contribution >= 4 is 5.78 Å². The van der Waals surface area contributed by atoms with Crippen molar-refractivity contribution < 1.29 is 13.9 Å². The van der Waals surface area contributed by atoms with Crippen LogP contribution in [0.4, 0.5) is 4.39 Å². The predicted octanol–water partition coefficient (Wildman–Crippen LogP) is 1.86. The molecule has 0 saturated carbocycles. The Morgan fingerprint density at radius 2 is 1.94 bits per heavy atom. The van der Waals surface area contributed by atoms with Crippen molar-refractivity contribution in [1.82, 2.24) is 9.97 Å². The number of carbonyl (C=O) groups is 1. The van der Waals surface area contributed by atoms with Gasteiger partial charge in [0, 0.05) is 18.0 Å². The molecule has 5 heteroatoms. The van der Waals surface area contributed by atoms with Crippen molar-refractivity contribution in [3.63, 3.8) is 0 Å². The molecule has 0 unspecified atom stereocenters. The number of nitrogens with zero attached hydrogens (tertiary/aromatic N) is 2. The van der Waals surface area contributed by atoms with E-state index >= 15 is 0 Å². The van der Waals surface area contributed by atoms with E-state index in [0.717, 1.165) is 6.07 Å². The minimum atomic E-state index is -0.574. The lowest BCUT2D eigenvalue weighted by Crippen LogP contribution is -2.03. The number of aromatic nitrogens is 2. The van der Waals surface area contributed by atoms with E-state index in [1.54, 1.807) is 0 Å². The average molecular weight is 232 g/mol. The summed E-state index contributed by atoms with van der Waals surface area (Å²) >= 11 is 0. The summed E-state index contributed by atoms with van der Waals surface area (Å²) in [5, 5.41) is 0. The summed E-state index contributed by atoms with van der Waals surface area (Å²) in [6.45, 7) is 0. The molecule has 17 heavy (non-hydrogen) atoms. The number of rotatable bonds is 3. The second kappa shape index (κ2) is 4.69. The fourth-order valence-corrected chi connectivity index (χ4v) is 1.39. The second-order valence-electron chi connectivity index (χ2n) is 3.31. The Morgan fingerprint density at radius 3 is 2.53 bits per heavy atom. The van der Waals surface area contributed by atoms with E-state index in [9.17, 15) is 9.18 Å². The molecule has 0 aliphatic rings. The Balaban J connectivity index is 2.35. The van der Waals surface area contributed by atoms with Gasteiger partial charge in [-0.2, -0.15) is 0 Å².